The summed E-state index contributed by atoms with van der Waals surface area (Å²) in [6.45, 7) is 4.20. The van der Waals surface area contributed by atoms with Gasteiger partial charge in [0.25, 0.3) is 0 Å². The summed E-state index contributed by atoms with van der Waals surface area (Å²) < 4.78 is 15.6. The number of phenols is 1. The molecule has 0 aliphatic heterocycles. The number of anilines is 1. The van der Waals surface area contributed by atoms with Crippen molar-refractivity contribution in [2.24, 2.45) is 0 Å². The zero-order valence-electron chi connectivity index (χ0n) is 17.3. The third-order valence-corrected chi connectivity index (χ3v) is 5.60. The number of phenolic OH excluding ortho intramolecular Hbond substituents is 1. The maximum absolute atomic E-state index is 13.8. The fourth-order valence-corrected chi connectivity index (χ4v) is 4.11. The van der Waals surface area contributed by atoms with E-state index in [4.69, 9.17) is 4.98 Å². The van der Waals surface area contributed by atoms with Gasteiger partial charge < -0.3 is 10.4 Å². The Balaban J connectivity index is 0.00000231. The van der Waals surface area contributed by atoms with E-state index in [1.165, 1.54) is 17.8 Å². The standard InChI is InChI=1S/C23H22FN5O.H2S/c1-13(2)20-12-26-29-22(27-18-6-14-3-4-19(30)8-15(14)7-18)9-21(28-23(20)29)16-5-17(24)11-25-10-16;/h3-5,8-13,18,27,30H,6-7H2,1-2H3;1H2/t18-;/m0./s1. The number of benzene rings is 1. The number of fused-ring (bicyclic) bond motifs is 2. The smallest absolute Gasteiger partial charge is 0.161 e. The summed E-state index contributed by atoms with van der Waals surface area (Å²) in [5.41, 5.74) is 5.43. The van der Waals surface area contributed by atoms with Crippen LogP contribution in [0.4, 0.5) is 10.2 Å². The van der Waals surface area contributed by atoms with Crippen molar-refractivity contribution in [1.29, 1.82) is 0 Å². The molecule has 1 aliphatic rings. The van der Waals surface area contributed by atoms with Crippen molar-refractivity contribution < 1.29 is 9.50 Å². The van der Waals surface area contributed by atoms with Crippen LogP contribution >= 0.6 is 13.5 Å². The Morgan fingerprint density at radius 2 is 1.90 bits per heavy atom. The quantitative estimate of drug-likeness (QED) is 0.493. The summed E-state index contributed by atoms with van der Waals surface area (Å²) in [5, 5.41) is 17.9. The molecule has 3 heterocycles. The molecule has 3 aromatic heterocycles. The van der Waals surface area contributed by atoms with Crippen LogP contribution in [0.1, 0.15) is 36.5 Å². The Morgan fingerprint density at radius 3 is 2.68 bits per heavy atom. The summed E-state index contributed by atoms with van der Waals surface area (Å²) in [4.78, 5) is 8.75. The maximum Gasteiger partial charge on any atom is 0.161 e. The van der Waals surface area contributed by atoms with Crippen LogP contribution in [0, 0.1) is 5.82 Å². The van der Waals surface area contributed by atoms with Gasteiger partial charge >= 0.3 is 0 Å². The molecule has 0 unspecified atom stereocenters. The van der Waals surface area contributed by atoms with E-state index >= 15 is 0 Å². The molecule has 0 spiro atoms. The lowest BCUT2D eigenvalue weighted by molar-refractivity contribution is 0.474. The van der Waals surface area contributed by atoms with Gasteiger partial charge in [-0.15, -0.1) is 0 Å². The lowest BCUT2D eigenvalue weighted by atomic mass is 10.1. The van der Waals surface area contributed by atoms with Gasteiger partial charge in [0.05, 0.1) is 18.1 Å². The molecule has 1 atom stereocenters. The lowest BCUT2D eigenvalue weighted by Crippen LogP contribution is -2.21. The second-order valence-corrected chi connectivity index (χ2v) is 8.11. The second kappa shape index (κ2) is 8.19. The number of rotatable bonds is 4. The molecule has 2 N–H and O–H groups in total. The number of halogens is 1. The minimum atomic E-state index is -0.396. The second-order valence-electron chi connectivity index (χ2n) is 8.11. The minimum absolute atomic E-state index is 0. The van der Waals surface area contributed by atoms with Gasteiger partial charge in [-0.2, -0.15) is 23.1 Å². The fourth-order valence-electron chi connectivity index (χ4n) is 4.11. The zero-order valence-corrected chi connectivity index (χ0v) is 18.3. The molecule has 0 radical (unpaired) electrons. The van der Waals surface area contributed by atoms with Crippen LogP contribution < -0.4 is 5.32 Å². The molecule has 8 heteroatoms. The Hall–Kier alpha value is -3.13. The van der Waals surface area contributed by atoms with Gasteiger partial charge in [-0.25, -0.2) is 9.37 Å². The Bertz CT molecular complexity index is 1260. The highest BCUT2D eigenvalue weighted by Crippen LogP contribution is 2.30. The van der Waals surface area contributed by atoms with Crippen molar-refractivity contribution in [1.82, 2.24) is 19.6 Å². The molecule has 4 aromatic rings. The summed E-state index contributed by atoms with van der Waals surface area (Å²) >= 11 is 0. The average molecular weight is 438 g/mol. The predicted octanol–water partition coefficient (Wildman–Crippen LogP) is 4.45. The first-order valence-corrected chi connectivity index (χ1v) is 10.0. The number of pyridine rings is 1. The third kappa shape index (κ3) is 3.95. The molecule has 0 saturated carbocycles. The van der Waals surface area contributed by atoms with E-state index in [9.17, 15) is 9.50 Å². The van der Waals surface area contributed by atoms with E-state index in [1.54, 1.807) is 12.3 Å². The van der Waals surface area contributed by atoms with Crippen molar-refractivity contribution in [3.63, 3.8) is 0 Å². The van der Waals surface area contributed by atoms with E-state index in [2.05, 4.69) is 29.2 Å². The van der Waals surface area contributed by atoms with E-state index in [0.717, 1.165) is 35.4 Å². The first-order chi connectivity index (χ1) is 14.5. The first-order valence-electron chi connectivity index (χ1n) is 10.0. The number of hydrogen-bond donors (Lipinski definition) is 2. The van der Waals surface area contributed by atoms with Gasteiger partial charge in [0.1, 0.15) is 17.4 Å². The SMILES string of the molecule is CC(C)c1cnn2c(N[C@H]3Cc4ccc(O)cc4C3)cc(-c3cncc(F)c3)nc12.S. The first kappa shape index (κ1) is 21.1. The van der Waals surface area contributed by atoms with Crippen LogP contribution in [-0.2, 0) is 12.8 Å². The van der Waals surface area contributed by atoms with Gasteiger partial charge in [0.2, 0.25) is 0 Å². The molecule has 6 nitrogen and oxygen atoms in total. The van der Waals surface area contributed by atoms with Gasteiger partial charge in [-0.1, -0.05) is 19.9 Å². The number of aromatic nitrogens is 4. The van der Waals surface area contributed by atoms with Crippen LogP contribution in [0.3, 0.4) is 0 Å². The molecular weight excluding hydrogens is 413 g/mol. The van der Waals surface area contributed by atoms with Gasteiger partial charge in [-0.05, 0) is 48.1 Å². The van der Waals surface area contributed by atoms with Crippen LogP contribution in [0.15, 0.2) is 48.9 Å². The van der Waals surface area contributed by atoms with Crippen LogP contribution in [0.5, 0.6) is 5.75 Å². The highest BCUT2D eigenvalue weighted by atomic mass is 32.1. The van der Waals surface area contributed by atoms with Crippen LogP contribution in [-0.4, -0.2) is 30.7 Å². The molecule has 0 fully saturated rings. The number of hydrogen-bond acceptors (Lipinski definition) is 5. The molecule has 5 rings (SSSR count). The molecule has 0 amide bonds. The summed E-state index contributed by atoms with van der Waals surface area (Å²) in [5.74, 6) is 0.943. The van der Waals surface area contributed by atoms with Gasteiger partial charge in [-0.3, -0.25) is 4.98 Å². The largest absolute Gasteiger partial charge is 0.508 e. The van der Waals surface area contributed by atoms with Crippen molar-refractivity contribution in [2.75, 3.05) is 5.32 Å². The third-order valence-electron chi connectivity index (χ3n) is 5.60. The van der Waals surface area contributed by atoms with E-state index in [1.807, 2.05) is 28.9 Å². The highest BCUT2D eigenvalue weighted by molar-refractivity contribution is 7.59. The summed E-state index contributed by atoms with van der Waals surface area (Å²) in [6, 6.07) is 9.02. The fraction of sp³-hybridized carbons (Fsp3) is 0.261. The maximum atomic E-state index is 13.8. The van der Waals surface area contributed by atoms with Crippen molar-refractivity contribution in [3.8, 4) is 17.0 Å². The normalized spacial score (nSPS) is 15.2. The molecule has 0 saturated heterocycles. The number of nitrogens with zero attached hydrogens (tertiary/aromatic N) is 4. The average Bonchev–Trinajstić information content (AvgIpc) is 3.31. The van der Waals surface area contributed by atoms with Crippen LogP contribution in [0.2, 0.25) is 0 Å². The molecule has 1 aliphatic carbocycles. The van der Waals surface area contributed by atoms with Crippen molar-refractivity contribution in [3.05, 3.63) is 71.4 Å². The monoisotopic (exact) mass is 437 g/mol. The molecular formula is C23H24FN5OS. The molecule has 0 bridgehead atoms. The molecule has 160 valence electrons. The summed E-state index contributed by atoms with van der Waals surface area (Å²) in [6.07, 6.45) is 6.31. The Morgan fingerprint density at radius 1 is 1.10 bits per heavy atom. The van der Waals surface area contributed by atoms with Gasteiger partial charge in [0, 0.05) is 29.4 Å². The van der Waals surface area contributed by atoms with Crippen molar-refractivity contribution in [2.45, 2.75) is 38.6 Å². The Kier molecular flexibility index (Phi) is 5.58. The molecule has 31 heavy (non-hydrogen) atoms. The zero-order chi connectivity index (χ0) is 20.8. The topological polar surface area (TPSA) is 75.3 Å². The highest BCUT2D eigenvalue weighted by Gasteiger charge is 2.23. The minimum Gasteiger partial charge on any atom is -0.508 e. The number of aromatic hydroxyl groups is 1. The van der Waals surface area contributed by atoms with E-state index in [0.29, 0.717) is 11.3 Å². The Labute approximate surface area is 186 Å². The number of nitrogens with one attached hydrogen (secondary N) is 1. The lowest BCUT2D eigenvalue weighted by Gasteiger charge is -2.16. The van der Waals surface area contributed by atoms with Gasteiger partial charge in [0.15, 0.2) is 5.65 Å². The van der Waals surface area contributed by atoms with Crippen LogP contribution in [0.25, 0.3) is 16.9 Å². The van der Waals surface area contributed by atoms with E-state index in [-0.39, 0.29) is 31.2 Å². The predicted molar refractivity (Wildman–Crippen MR) is 124 cm³/mol. The van der Waals surface area contributed by atoms with E-state index < -0.39 is 5.82 Å². The molecule has 1 aromatic carbocycles. The van der Waals surface area contributed by atoms with Crippen molar-refractivity contribution >= 4 is 25.0 Å². The summed E-state index contributed by atoms with van der Waals surface area (Å²) in [7, 11) is 0.